The molecule has 3 aromatic heterocycles. The Hall–Kier alpha value is -6.01. The molecule has 2 aliphatic heterocycles. The van der Waals surface area contributed by atoms with Crippen molar-refractivity contribution < 1.29 is 20.1 Å². The predicted octanol–water partition coefficient (Wildman–Crippen LogP) is 10.8. The van der Waals surface area contributed by atoms with Crippen LogP contribution in [0, 0.1) is 46.8 Å². The zero-order valence-corrected chi connectivity index (χ0v) is 37.9. The van der Waals surface area contributed by atoms with Crippen molar-refractivity contribution in [2.75, 3.05) is 0 Å². The molecule has 0 N–H and O–H groups in total. The van der Waals surface area contributed by atoms with E-state index in [9.17, 15) is 0 Å². The molecule has 8 aromatic rings. The van der Waals surface area contributed by atoms with Crippen LogP contribution in [0.1, 0.15) is 65.4 Å². The molecule has 0 saturated carbocycles. The van der Waals surface area contributed by atoms with E-state index in [0.29, 0.717) is 0 Å². The van der Waals surface area contributed by atoms with E-state index < -0.39 is 0 Å². The second-order valence-corrected chi connectivity index (χ2v) is 16.8. The van der Waals surface area contributed by atoms with Crippen LogP contribution in [0.25, 0.3) is 38.9 Å². The van der Waals surface area contributed by atoms with Gasteiger partial charge in [0.1, 0.15) is 5.82 Å². The number of nitrogens with zero attached hydrogens (tertiary/aromatic N) is 5. The van der Waals surface area contributed by atoms with E-state index in [2.05, 4.69) is 202 Å². The average molecular weight is 958 g/mol. The molecule has 10 rings (SSSR count). The van der Waals surface area contributed by atoms with Crippen LogP contribution in [-0.4, -0.2) is 31.0 Å². The molecule has 299 valence electrons. The maximum Gasteiger partial charge on any atom is 0.349 e. The number of benzene rings is 5. The molecule has 1 radical (unpaired) electrons. The molecule has 5 aromatic carbocycles. The summed E-state index contributed by atoms with van der Waals surface area (Å²) in [6, 6.07) is 47.0. The first-order valence-corrected chi connectivity index (χ1v) is 20.5. The minimum Gasteiger partial charge on any atom is -0.381 e. The molecule has 0 unspecified atom stereocenters. The van der Waals surface area contributed by atoms with Gasteiger partial charge in [0.05, 0.1) is 5.69 Å². The smallest absolute Gasteiger partial charge is 0.349 e. The van der Waals surface area contributed by atoms with E-state index in [-0.39, 0.29) is 32.4 Å². The van der Waals surface area contributed by atoms with Gasteiger partial charge < -0.3 is 9.38 Å². The number of pyridine rings is 1. The van der Waals surface area contributed by atoms with Crippen molar-refractivity contribution in [2.24, 2.45) is 0 Å². The largest absolute Gasteiger partial charge is 0.381 e. The third-order valence-electron chi connectivity index (χ3n) is 11.8. The standard InChI is InChI=1S/C32H29BN3.C21H19N2.Ir/c1-21-13-11-14-22(2)28(21)30-27-19-9-10-20-35(27)33(31-23(3)15-12-16-24(31)4)32-29(30)25(5)34-36(32)26-17-7-6-8-18-26;1-21(2,3)15-12-13-22-20(14-15)23-18-10-6-4-8-16(18)17-9-5-7-11-19(17)23;/h6-17,19-20H,1-5H3;4-10,12-14H,1-3H3;/q2*-1;. The Labute approximate surface area is 368 Å². The number of fused-ring (bicyclic) bond motifs is 5. The van der Waals surface area contributed by atoms with Gasteiger partial charge >= 0.3 is 6.85 Å². The second kappa shape index (κ2) is 16.2. The van der Waals surface area contributed by atoms with Crippen molar-refractivity contribution in [1.82, 2.24) is 24.1 Å². The average Bonchev–Trinajstić information content (AvgIpc) is 3.76. The Balaban J connectivity index is 0.000000179. The topological polar surface area (TPSA) is 38.9 Å². The number of allylic oxidation sites excluding steroid dienone is 3. The van der Waals surface area contributed by atoms with Crippen molar-refractivity contribution >= 4 is 45.3 Å². The Morgan fingerprint density at radius 3 is 2.07 bits per heavy atom. The van der Waals surface area contributed by atoms with E-state index in [4.69, 9.17) is 5.10 Å². The summed E-state index contributed by atoms with van der Waals surface area (Å²) in [6.07, 6.45) is 10.7. The van der Waals surface area contributed by atoms with Crippen molar-refractivity contribution in [2.45, 2.75) is 60.8 Å². The van der Waals surface area contributed by atoms with Crippen LogP contribution in [0.15, 0.2) is 152 Å². The van der Waals surface area contributed by atoms with Crippen molar-refractivity contribution in [3.8, 4) is 11.5 Å². The third kappa shape index (κ3) is 7.00. The minimum atomic E-state index is -0.0136. The molecule has 2 aliphatic rings. The predicted molar refractivity (Wildman–Crippen MR) is 246 cm³/mol. The van der Waals surface area contributed by atoms with E-state index in [0.717, 1.165) is 22.7 Å². The molecular formula is C53H48BIrN5-2. The van der Waals surface area contributed by atoms with Crippen LogP contribution in [0.5, 0.6) is 0 Å². The molecule has 0 spiro atoms. The molecule has 7 heteroatoms. The third-order valence-corrected chi connectivity index (χ3v) is 11.8. The summed E-state index contributed by atoms with van der Waals surface area (Å²) < 4.78 is 4.33. The van der Waals surface area contributed by atoms with Crippen LogP contribution in [0.3, 0.4) is 0 Å². The van der Waals surface area contributed by atoms with Crippen LogP contribution in [0.4, 0.5) is 0 Å². The molecule has 5 nitrogen and oxygen atoms in total. The van der Waals surface area contributed by atoms with Crippen molar-refractivity contribution in [3.05, 3.63) is 208 Å². The first-order chi connectivity index (χ1) is 28.5. The van der Waals surface area contributed by atoms with Crippen LogP contribution in [0.2, 0.25) is 0 Å². The molecule has 0 fully saturated rings. The molecule has 0 bridgehead atoms. The fraction of sp³-hybridized carbons (Fsp3) is 0.170. The summed E-state index contributed by atoms with van der Waals surface area (Å²) >= 11 is 0. The van der Waals surface area contributed by atoms with Gasteiger partial charge in [-0.25, -0.2) is 4.98 Å². The number of hydrogen-bond donors (Lipinski definition) is 0. The molecule has 0 aliphatic carbocycles. The second-order valence-electron chi connectivity index (χ2n) is 16.8. The summed E-state index contributed by atoms with van der Waals surface area (Å²) in [4.78, 5) is 7.08. The Kier molecular flexibility index (Phi) is 11.0. The monoisotopic (exact) mass is 958 g/mol. The fourth-order valence-electron chi connectivity index (χ4n) is 9.05. The van der Waals surface area contributed by atoms with E-state index >= 15 is 0 Å². The Bertz CT molecular complexity index is 2900. The molecule has 60 heavy (non-hydrogen) atoms. The maximum atomic E-state index is 5.17. The van der Waals surface area contributed by atoms with E-state index in [1.165, 1.54) is 77.6 Å². The summed E-state index contributed by atoms with van der Waals surface area (Å²) in [5.74, 6) is 0.950. The van der Waals surface area contributed by atoms with Crippen molar-refractivity contribution in [3.63, 3.8) is 0 Å². The van der Waals surface area contributed by atoms with Gasteiger partial charge in [0.15, 0.2) is 0 Å². The van der Waals surface area contributed by atoms with Gasteiger partial charge in [-0.15, -0.1) is 11.5 Å². The van der Waals surface area contributed by atoms with Gasteiger partial charge in [-0.1, -0.05) is 98.1 Å². The normalized spacial score (nSPS) is 13.3. The maximum absolute atomic E-state index is 5.17. The quantitative estimate of drug-likeness (QED) is 0.130. The first kappa shape index (κ1) is 40.8. The number of rotatable bonds is 4. The van der Waals surface area contributed by atoms with E-state index in [1.807, 2.05) is 30.5 Å². The first-order valence-electron chi connectivity index (χ1n) is 20.5. The molecule has 0 atom stereocenters. The van der Waals surface area contributed by atoms with Gasteiger partial charge in [0.2, 0.25) is 0 Å². The minimum absolute atomic E-state index is 0. The van der Waals surface area contributed by atoms with Crippen molar-refractivity contribution in [1.29, 1.82) is 0 Å². The zero-order valence-electron chi connectivity index (χ0n) is 35.5. The number of hydrogen-bond acceptors (Lipinski definition) is 3. The SMILES string of the molecule is CC(C)(C)c1ccnc(-n2c3[c-]cccc3c3ccccc32)c1.Cc1cccc(C)c1B1c2c(c(C)nn2-c2[c-]cccc2)C(c2c(C)cccc2C)=C2C=CC=CN12.[Ir]. The Morgan fingerprint density at radius 2 is 1.35 bits per heavy atom. The summed E-state index contributed by atoms with van der Waals surface area (Å²) in [5, 5.41) is 7.62. The molecule has 5 heterocycles. The van der Waals surface area contributed by atoms with E-state index in [1.54, 1.807) is 0 Å². The van der Waals surface area contributed by atoms with Crippen LogP contribution < -0.4 is 11.1 Å². The summed E-state index contributed by atoms with van der Waals surface area (Å²) in [6.45, 7) is 17.7. The van der Waals surface area contributed by atoms with Crippen LogP contribution in [-0.2, 0) is 25.5 Å². The van der Waals surface area contributed by atoms with Gasteiger partial charge in [0.25, 0.3) is 0 Å². The van der Waals surface area contributed by atoms with Gasteiger partial charge in [-0.05, 0) is 115 Å². The van der Waals surface area contributed by atoms with Crippen LogP contribution >= 0.6 is 0 Å². The molecule has 0 amide bonds. The fourth-order valence-corrected chi connectivity index (χ4v) is 9.05. The van der Waals surface area contributed by atoms with Gasteiger partial charge in [-0.3, -0.25) is 4.68 Å². The van der Waals surface area contributed by atoms with Gasteiger partial charge in [0, 0.05) is 54.2 Å². The summed E-state index contributed by atoms with van der Waals surface area (Å²) in [5.41, 5.74) is 18.2. The number of para-hydroxylation sites is 3. The number of aromatic nitrogens is 4. The summed E-state index contributed by atoms with van der Waals surface area (Å²) in [7, 11) is 0. The Morgan fingerprint density at radius 1 is 0.667 bits per heavy atom. The number of aryl methyl sites for hydroxylation is 5. The van der Waals surface area contributed by atoms with Gasteiger partial charge in [-0.2, -0.15) is 53.6 Å². The molecular weight excluding hydrogens is 910 g/mol. The zero-order chi connectivity index (χ0) is 41.0. The molecule has 0 saturated heterocycles.